The zero-order valence-corrected chi connectivity index (χ0v) is 24.0. The van der Waals surface area contributed by atoms with Crippen molar-refractivity contribution in [1.82, 2.24) is 5.32 Å². The van der Waals surface area contributed by atoms with E-state index in [9.17, 15) is 33.6 Å². The summed E-state index contributed by atoms with van der Waals surface area (Å²) >= 11 is 0. The summed E-state index contributed by atoms with van der Waals surface area (Å²) in [6.07, 6.45) is -6.15. The molecule has 0 aromatic rings. The van der Waals surface area contributed by atoms with Crippen molar-refractivity contribution in [1.29, 1.82) is 0 Å². The van der Waals surface area contributed by atoms with Crippen LogP contribution in [0, 0.1) is 0 Å². The number of aliphatic hydroxyl groups is 1. The van der Waals surface area contributed by atoms with Crippen LogP contribution in [0.1, 0.15) is 47.5 Å². The number of ether oxygens (including phenoxy) is 5. The van der Waals surface area contributed by atoms with Crippen LogP contribution in [-0.4, -0.2) is 105 Å². The fourth-order valence-electron chi connectivity index (χ4n) is 4.22. The van der Waals surface area contributed by atoms with Crippen LogP contribution in [0.4, 0.5) is 0 Å². The highest BCUT2D eigenvalue weighted by Gasteiger charge is 2.54. The first-order valence-electron chi connectivity index (χ1n) is 12.0. The van der Waals surface area contributed by atoms with E-state index in [1.807, 2.05) is 0 Å². The van der Waals surface area contributed by atoms with Crippen molar-refractivity contribution >= 4 is 37.4 Å². The number of hydrogen-bond donors (Lipinski definition) is 2. The van der Waals surface area contributed by atoms with Gasteiger partial charge in [0.05, 0.1) is 24.4 Å². The normalized spacial score (nSPS) is 24.6. The first kappa shape index (κ1) is 34.4. The molecule has 15 nitrogen and oxygen atoms in total. The van der Waals surface area contributed by atoms with E-state index in [1.54, 1.807) is 0 Å². The lowest BCUT2D eigenvalue weighted by Crippen LogP contribution is -2.68. The van der Waals surface area contributed by atoms with Crippen molar-refractivity contribution in [3.05, 3.63) is 0 Å². The van der Waals surface area contributed by atoms with Crippen LogP contribution in [0.25, 0.3) is 0 Å². The fraction of sp³-hybridized carbons (Fsp3) is 0.783. The maximum atomic E-state index is 12.8. The van der Waals surface area contributed by atoms with Crippen LogP contribution in [0.5, 0.6) is 0 Å². The number of carbonyl (C=O) groups excluding carboxylic acids is 5. The van der Waals surface area contributed by atoms with Gasteiger partial charge >= 0.3 is 31.5 Å². The molecule has 0 aromatic heterocycles. The highest BCUT2D eigenvalue weighted by molar-refractivity contribution is 7.53. The monoisotopic (exact) mass is 583 g/mol. The molecule has 2 N–H and O–H groups in total. The Morgan fingerprint density at radius 3 is 2.00 bits per heavy atom. The molecule has 0 bridgehead atoms. The van der Waals surface area contributed by atoms with E-state index >= 15 is 0 Å². The Balaban J connectivity index is 3.72. The highest BCUT2D eigenvalue weighted by Crippen LogP contribution is 2.49. The molecule has 16 heteroatoms. The Morgan fingerprint density at radius 2 is 1.56 bits per heavy atom. The zero-order chi connectivity index (χ0) is 30.0. The molecule has 39 heavy (non-hydrogen) atoms. The van der Waals surface area contributed by atoms with Gasteiger partial charge in [-0.05, 0) is 6.42 Å². The minimum Gasteiger partial charge on any atom is -0.462 e. The minimum absolute atomic E-state index is 0.154. The van der Waals surface area contributed by atoms with Gasteiger partial charge in [0, 0.05) is 55.3 Å². The average molecular weight is 584 g/mol. The quantitative estimate of drug-likeness (QED) is 0.160. The van der Waals surface area contributed by atoms with Crippen molar-refractivity contribution < 1.29 is 66.4 Å². The molecule has 0 unspecified atom stereocenters. The summed E-state index contributed by atoms with van der Waals surface area (Å²) in [7, 11) is -1.23. The molecule has 1 aliphatic heterocycles. The molecule has 1 saturated heterocycles. The van der Waals surface area contributed by atoms with E-state index in [-0.39, 0.29) is 19.0 Å². The highest BCUT2D eigenvalue weighted by atomic mass is 31.2. The first-order chi connectivity index (χ1) is 18.1. The molecule has 0 aliphatic carbocycles. The van der Waals surface area contributed by atoms with Gasteiger partial charge in [0.25, 0.3) is 0 Å². The van der Waals surface area contributed by atoms with Gasteiger partial charge in [0.1, 0.15) is 18.8 Å². The summed E-state index contributed by atoms with van der Waals surface area (Å²) in [6, 6.07) is -1.19. The predicted octanol–water partition coefficient (Wildman–Crippen LogP) is 0.245. The van der Waals surface area contributed by atoms with Crippen LogP contribution in [-0.2, 0) is 61.3 Å². The van der Waals surface area contributed by atoms with E-state index in [2.05, 4.69) is 5.32 Å². The summed E-state index contributed by atoms with van der Waals surface area (Å²) in [6.45, 7) is 4.31. The van der Waals surface area contributed by atoms with E-state index in [0.29, 0.717) is 0 Å². The Labute approximate surface area is 226 Å². The van der Waals surface area contributed by atoms with Crippen molar-refractivity contribution in [2.75, 3.05) is 33.6 Å². The van der Waals surface area contributed by atoms with Gasteiger partial charge in [0.15, 0.2) is 12.2 Å². The van der Waals surface area contributed by atoms with Gasteiger partial charge in [-0.2, -0.15) is 0 Å². The second-order valence-corrected chi connectivity index (χ2v) is 11.4. The maximum absolute atomic E-state index is 12.8. The average Bonchev–Trinajstić information content (AvgIpc) is 2.84. The molecule has 0 aromatic carbocycles. The Morgan fingerprint density at radius 1 is 0.974 bits per heavy atom. The molecule has 224 valence electrons. The number of carbonyl (C=O) groups is 5. The van der Waals surface area contributed by atoms with Crippen LogP contribution in [0.2, 0.25) is 0 Å². The van der Waals surface area contributed by atoms with E-state index in [1.165, 1.54) is 21.1 Å². The second-order valence-electron chi connectivity index (χ2n) is 8.98. The van der Waals surface area contributed by atoms with E-state index in [0.717, 1.165) is 27.7 Å². The van der Waals surface area contributed by atoms with Gasteiger partial charge in [-0.15, -0.1) is 0 Å². The first-order valence-corrected chi connectivity index (χ1v) is 13.7. The van der Waals surface area contributed by atoms with Crippen molar-refractivity contribution in [2.24, 2.45) is 0 Å². The fourth-order valence-corrected chi connectivity index (χ4v) is 5.41. The third-order valence-electron chi connectivity index (χ3n) is 5.85. The van der Waals surface area contributed by atoms with Gasteiger partial charge in [-0.3, -0.25) is 28.5 Å². The molecule has 1 aliphatic rings. The lowest BCUT2D eigenvalue weighted by atomic mass is 9.82. The largest absolute Gasteiger partial charge is 0.462 e. The Bertz CT molecular complexity index is 934. The number of nitrogens with one attached hydrogen (secondary N) is 1. The van der Waals surface area contributed by atoms with Crippen LogP contribution < -0.4 is 5.32 Å². The minimum atomic E-state index is -3.60. The SMILES string of the molecule is COP(=O)(CC[C@@]1(CO)C[C@H](OC(C)=O)[C@@H](NC(C)=O)[C@H]([C@H](OC(C)=O)[C@@H](COC(C)=O)OC(C)=O)O1)OC. The number of rotatable bonds is 14. The third-order valence-corrected chi connectivity index (χ3v) is 7.73. The lowest BCUT2D eigenvalue weighted by Gasteiger charge is -2.50. The summed E-state index contributed by atoms with van der Waals surface area (Å²) in [4.78, 5) is 59.8. The molecule has 1 amide bonds. The van der Waals surface area contributed by atoms with Gasteiger partial charge < -0.3 is 43.2 Å². The van der Waals surface area contributed by atoms with Crippen molar-refractivity contribution in [3.8, 4) is 0 Å². The number of aliphatic hydroxyl groups excluding tert-OH is 1. The summed E-state index contributed by atoms with van der Waals surface area (Å²) in [5.74, 6) is -3.70. The number of esters is 4. The van der Waals surface area contributed by atoms with Crippen LogP contribution in [0.15, 0.2) is 0 Å². The van der Waals surface area contributed by atoms with Crippen molar-refractivity contribution in [3.63, 3.8) is 0 Å². The predicted molar refractivity (Wildman–Crippen MR) is 131 cm³/mol. The molecule has 1 rings (SSSR count). The smallest absolute Gasteiger partial charge is 0.330 e. The summed E-state index contributed by atoms with van der Waals surface area (Å²) < 4.78 is 50.2. The van der Waals surface area contributed by atoms with Crippen LogP contribution in [0.3, 0.4) is 0 Å². The number of amides is 1. The standard InChI is InChI=1S/C23H38NO14P/c1-13(26)24-20-18(35-15(3)28)10-23(12-25,8-9-39(31,32-6)33-7)38-22(20)21(37-17(5)30)19(36-16(4)29)11-34-14(2)27/h18-22,25H,8-12H2,1-7H3,(H,24,26)/t18-,19+,20+,21+,22+,23-/m0/s1. The summed E-state index contributed by atoms with van der Waals surface area (Å²) in [5.41, 5.74) is -1.59. The zero-order valence-electron chi connectivity index (χ0n) is 23.1. The summed E-state index contributed by atoms with van der Waals surface area (Å²) in [5, 5.41) is 13.1. The number of hydrogen-bond acceptors (Lipinski definition) is 14. The topological polar surface area (TPSA) is 199 Å². The molecule has 0 spiro atoms. The van der Waals surface area contributed by atoms with Crippen LogP contribution >= 0.6 is 7.60 Å². The van der Waals surface area contributed by atoms with E-state index in [4.69, 9.17) is 32.7 Å². The lowest BCUT2D eigenvalue weighted by molar-refractivity contribution is -0.245. The van der Waals surface area contributed by atoms with Gasteiger partial charge in [-0.25, -0.2) is 0 Å². The van der Waals surface area contributed by atoms with Gasteiger partial charge in [-0.1, -0.05) is 0 Å². The molecule has 1 heterocycles. The third kappa shape index (κ3) is 10.8. The molecule has 6 atom stereocenters. The molecule has 1 fully saturated rings. The maximum Gasteiger partial charge on any atom is 0.330 e. The molecular weight excluding hydrogens is 545 g/mol. The molecule has 0 radical (unpaired) electrons. The molecule has 0 saturated carbocycles. The Kier molecular flexibility index (Phi) is 13.5. The van der Waals surface area contributed by atoms with Crippen molar-refractivity contribution in [2.45, 2.75) is 83.5 Å². The molecular formula is C23H38NO14P. The Hall–Kier alpha value is -2.58. The van der Waals surface area contributed by atoms with E-state index < -0.39 is 86.7 Å². The second kappa shape index (κ2) is 15.3. The van der Waals surface area contributed by atoms with Gasteiger partial charge in [0.2, 0.25) is 5.91 Å².